The first kappa shape index (κ1) is 16.1. The second-order valence-corrected chi connectivity index (χ2v) is 5.32. The first-order valence-corrected chi connectivity index (χ1v) is 7.27. The van der Waals surface area contributed by atoms with Crippen molar-refractivity contribution in [3.05, 3.63) is 42.1 Å². The van der Waals surface area contributed by atoms with Gasteiger partial charge in [-0.1, -0.05) is 0 Å². The van der Waals surface area contributed by atoms with Crippen LogP contribution in [0.3, 0.4) is 0 Å². The Hall–Kier alpha value is -2.28. The van der Waals surface area contributed by atoms with Crippen LogP contribution in [0.25, 0.3) is 0 Å². The molecule has 0 radical (unpaired) electrons. The van der Waals surface area contributed by atoms with Gasteiger partial charge in [0.2, 0.25) is 0 Å². The topological polar surface area (TPSA) is 87.6 Å². The normalized spacial score (nSPS) is 14.6. The third-order valence-electron chi connectivity index (χ3n) is 3.17. The highest BCUT2D eigenvalue weighted by atomic mass is 16.4. The third-order valence-corrected chi connectivity index (χ3v) is 3.17. The minimum atomic E-state index is -1.10. The summed E-state index contributed by atoms with van der Waals surface area (Å²) in [5.41, 5.74) is -0.0777. The molecule has 0 aliphatic rings. The van der Waals surface area contributed by atoms with Gasteiger partial charge in [0.1, 0.15) is 11.4 Å². The van der Waals surface area contributed by atoms with Gasteiger partial charge >= 0.3 is 0 Å². The molecule has 120 valence electrons. The number of guanidine groups is 1. The Morgan fingerprint density at radius 1 is 1.50 bits per heavy atom. The Balaban J connectivity index is 1.96. The van der Waals surface area contributed by atoms with Gasteiger partial charge in [0.05, 0.1) is 25.5 Å². The minimum absolute atomic E-state index is 0.291. The molecular weight excluding hydrogens is 282 g/mol. The second kappa shape index (κ2) is 7.13. The molecule has 0 bridgehead atoms. The first-order valence-electron chi connectivity index (χ1n) is 7.27. The molecule has 7 nitrogen and oxygen atoms in total. The number of rotatable bonds is 6. The fraction of sp³-hybridized carbons (Fsp3) is 0.467. The number of hydrogen-bond acceptors (Lipinski definition) is 4. The summed E-state index contributed by atoms with van der Waals surface area (Å²) in [7, 11) is 1.87. The lowest BCUT2D eigenvalue weighted by atomic mass is 10.0. The number of hydrogen-bond donors (Lipinski definition) is 3. The van der Waals surface area contributed by atoms with Crippen LogP contribution in [0.15, 0.2) is 40.2 Å². The van der Waals surface area contributed by atoms with E-state index in [2.05, 4.69) is 20.7 Å². The van der Waals surface area contributed by atoms with Crippen molar-refractivity contribution in [2.75, 3.05) is 13.1 Å². The van der Waals surface area contributed by atoms with Gasteiger partial charge in [-0.2, -0.15) is 5.10 Å². The van der Waals surface area contributed by atoms with Gasteiger partial charge < -0.3 is 20.2 Å². The van der Waals surface area contributed by atoms with Crippen LogP contribution in [0.5, 0.6) is 0 Å². The van der Waals surface area contributed by atoms with Gasteiger partial charge in [0.15, 0.2) is 5.96 Å². The lowest BCUT2D eigenvalue weighted by Crippen LogP contribution is -2.44. The van der Waals surface area contributed by atoms with Crippen LogP contribution >= 0.6 is 0 Å². The highest BCUT2D eigenvalue weighted by Crippen LogP contribution is 2.19. The van der Waals surface area contributed by atoms with E-state index in [9.17, 15) is 5.11 Å². The van der Waals surface area contributed by atoms with Crippen LogP contribution in [-0.4, -0.2) is 33.9 Å². The van der Waals surface area contributed by atoms with E-state index in [4.69, 9.17) is 4.42 Å². The Labute approximate surface area is 130 Å². The van der Waals surface area contributed by atoms with E-state index in [1.165, 1.54) is 0 Å². The number of aromatic nitrogens is 2. The Morgan fingerprint density at radius 2 is 2.32 bits per heavy atom. The minimum Gasteiger partial charge on any atom is -0.466 e. The molecule has 2 aromatic heterocycles. The zero-order chi connectivity index (χ0) is 16.0. The van der Waals surface area contributed by atoms with E-state index in [-0.39, 0.29) is 0 Å². The van der Waals surface area contributed by atoms with Crippen LogP contribution in [0, 0.1) is 0 Å². The van der Waals surface area contributed by atoms with E-state index in [0.29, 0.717) is 24.8 Å². The van der Waals surface area contributed by atoms with Gasteiger partial charge in [-0.25, -0.2) is 4.99 Å². The summed E-state index contributed by atoms with van der Waals surface area (Å²) in [6, 6.07) is 3.51. The first-order chi connectivity index (χ1) is 10.5. The number of nitrogens with one attached hydrogen (secondary N) is 2. The lowest BCUT2D eigenvalue weighted by Gasteiger charge is -2.22. The average Bonchev–Trinajstić information content (AvgIpc) is 3.13. The van der Waals surface area contributed by atoms with Gasteiger partial charge in [0, 0.05) is 25.4 Å². The molecule has 0 saturated carbocycles. The van der Waals surface area contributed by atoms with Crippen molar-refractivity contribution in [1.82, 2.24) is 20.4 Å². The number of aryl methyl sites for hydroxylation is 1. The van der Waals surface area contributed by atoms with Gasteiger partial charge in [-0.3, -0.25) is 4.68 Å². The standard InChI is InChI=1S/C15H23N5O2/c1-4-16-14(17-8-12-9-19-20(3)10-12)18-11-15(2,21)13-6-5-7-22-13/h5-7,9-10,21H,4,8,11H2,1-3H3,(H2,16,17,18). The van der Waals surface area contributed by atoms with E-state index in [1.807, 2.05) is 20.2 Å². The molecule has 0 aromatic carbocycles. The van der Waals surface area contributed by atoms with Gasteiger partial charge in [-0.15, -0.1) is 0 Å². The Bertz CT molecular complexity index is 601. The molecule has 1 unspecified atom stereocenters. The van der Waals surface area contributed by atoms with Crippen molar-refractivity contribution in [1.29, 1.82) is 0 Å². The zero-order valence-corrected chi connectivity index (χ0v) is 13.2. The van der Waals surface area contributed by atoms with Gasteiger partial charge in [0.25, 0.3) is 0 Å². The van der Waals surface area contributed by atoms with Crippen molar-refractivity contribution in [3.8, 4) is 0 Å². The zero-order valence-electron chi connectivity index (χ0n) is 13.2. The molecule has 0 fully saturated rings. The molecule has 0 aliphatic carbocycles. The van der Waals surface area contributed by atoms with Crippen molar-refractivity contribution < 1.29 is 9.52 Å². The molecule has 3 N–H and O–H groups in total. The summed E-state index contributed by atoms with van der Waals surface area (Å²) in [4.78, 5) is 4.48. The molecule has 0 amide bonds. The number of aliphatic imine (C=N–C) groups is 1. The van der Waals surface area contributed by atoms with E-state index < -0.39 is 5.60 Å². The largest absolute Gasteiger partial charge is 0.466 e. The van der Waals surface area contributed by atoms with Gasteiger partial charge in [-0.05, 0) is 26.0 Å². The molecule has 0 spiro atoms. The maximum absolute atomic E-state index is 10.4. The smallest absolute Gasteiger partial charge is 0.191 e. The molecule has 22 heavy (non-hydrogen) atoms. The molecule has 2 rings (SSSR count). The number of furan rings is 1. The monoisotopic (exact) mass is 305 g/mol. The molecule has 7 heteroatoms. The summed E-state index contributed by atoms with van der Waals surface area (Å²) in [5, 5.41) is 20.8. The fourth-order valence-corrected chi connectivity index (χ4v) is 1.99. The summed E-state index contributed by atoms with van der Waals surface area (Å²) >= 11 is 0. The summed E-state index contributed by atoms with van der Waals surface area (Å²) in [5.74, 6) is 1.15. The number of aliphatic hydroxyl groups is 1. The van der Waals surface area contributed by atoms with E-state index in [1.54, 1.807) is 36.2 Å². The molecule has 0 saturated heterocycles. The van der Waals surface area contributed by atoms with Crippen molar-refractivity contribution >= 4 is 5.96 Å². The van der Waals surface area contributed by atoms with E-state index in [0.717, 1.165) is 12.1 Å². The summed E-state index contributed by atoms with van der Waals surface area (Å²) in [6.07, 6.45) is 5.25. The average molecular weight is 305 g/mol. The predicted octanol–water partition coefficient (Wildman–Crippen LogP) is 0.976. The van der Waals surface area contributed by atoms with Crippen LogP contribution < -0.4 is 10.6 Å². The van der Waals surface area contributed by atoms with Crippen LogP contribution in [0.2, 0.25) is 0 Å². The predicted molar refractivity (Wildman–Crippen MR) is 84.3 cm³/mol. The summed E-state index contributed by atoms with van der Waals surface area (Å²) < 4.78 is 7.00. The maximum Gasteiger partial charge on any atom is 0.191 e. The molecule has 1 atom stereocenters. The van der Waals surface area contributed by atoms with Crippen LogP contribution in [-0.2, 0) is 19.2 Å². The van der Waals surface area contributed by atoms with Crippen molar-refractivity contribution in [3.63, 3.8) is 0 Å². The summed E-state index contributed by atoms with van der Waals surface area (Å²) in [6.45, 7) is 5.24. The lowest BCUT2D eigenvalue weighted by molar-refractivity contribution is 0.0386. The highest BCUT2D eigenvalue weighted by molar-refractivity contribution is 5.79. The van der Waals surface area contributed by atoms with Crippen molar-refractivity contribution in [2.45, 2.75) is 26.0 Å². The Morgan fingerprint density at radius 3 is 2.91 bits per heavy atom. The Kier molecular flexibility index (Phi) is 5.21. The quantitative estimate of drug-likeness (QED) is 0.547. The maximum atomic E-state index is 10.4. The molecule has 0 aliphatic heterocycles. The SMILES string of the molecule is CCNC(=NCc1cnn(C)c1)NCC(C)(O)c1ccco1. The number of nitrogens with zero attached hydrogens (tertiary/aromatic N) is 3. The second-order valence-electron chi connectivity index (χ2n) is 5.32. The molecular formula is C15H23N5O2. The molecule has 2 heterocycles. The van der Waals surface area contributed by atoms with Crippen LogP contribution in [0.1, 0.15) is 25.2 Å². The van der Waals surface area contributed by atoms with Crippen molar-refractivity contribution in [2.24, 2.45) is 12.0 Å². The van der Waals surface area contributed by atoms with Crippen LogP contribution in [0.4, 0.5) is 0 Å². The third kappa shape index (κ3) is 4.36. The van der Waals surface area contributed by atoms with E-state index >= 15 is 0 Å². The molecule has 2 aromatic rings. The highest BCUT2D eigenvalue weighted by Gasteiger charge is 2.26. The fourth-order valence-electron chi connectivity index (χ4n) is 1.99.